The predicted molar refractivity (Wildman–Crippen MR) is 105 cm³/mol. The Morgan fingerprint density at radius 2 is 1.63 bits per heavy atom. The minimum Gasteiger partial charge on any atom is -0.493 e. The summed E-state index contributed by atoms with van der Waals surface area (Å²) in [6.45, 7) is 8.84. The van der Waals surface area contributed by atoms with E-state index >= 15 is 0 Å². The molecule has 0 saturated carbocycles. The van der Waals surface area contributed by atoms with E-state index in [1.807, 2.05) is 26.0 Å². The first-order valence-electron chi connectivity index (χ1n) is 9.54. The minimum atomic E-state index is -0.840. The highest BCUT2D eigenvalue weighted by atomic mass is 19.1. The van der Waals surface area contributed by atoms with E-state index in [0.717, 1.165) is 35.3 Å². The van der Waals surface area contributed by atoms with E-state index in [4.69, 9.17) is 10.00 Å². The third-order valence-electron chi connectivity index (χ3n) is 4.98. The van der Waals surface area contributed by atoms with Crippen molar-refractivity contribution >= 4 is 0 Å². The molecule has 1 unspecified atom stereocenters. The molecule has 4 heteroatoms. The van der Waals surface area contributed by atoms with Crippen LogP contribution in [0.4, 0.5) is 8.78 Å². The molecule has 0 heterocycles. The molecule has 0 spiro atoms. The zero-order valence-corrected chi connectivity index (χ0v) is 16.5. The van der Waals surface area contributed by atoms with Crippen LogP contribution in [0.1, 0.15) is 56.2 Å². The number of hydrogen-bond donors (Lipinski definition) is 0. The second-order valence-electron chi connectivity index (χ2n) is 7.09. The van der Waals surface area contributed by atoms with Crippen molar-refractivity contribution in [3.05, 3.63) is 52.6 Å². The molecule has 0 bridgehead atoms. The molecule has 144 valence electrons. The summed E-state index contributed by atoms with van der Waals surface area (Å²) in [5, 5.41) is 8.84. The maximum atomic E-state index is 14.0. The van der Waals surface area contributed by atoms with Gasteiger partial charge in [0.25, 0.3) is 0 Å². The summed E-state index contributed by atoms with van der Waals surface area (Å²) in [6, 6.07) is 7.80. The van der Waals surface area contributed by atoms with Crippen LogP contribution >= 0.6 is 0 Å². The second kappa shape index (κ2) is 9.50. The lowest BCUT2D eigenvalue weighted by atomic mass is 9.94. The number of nitriles is 1. The SMILES string of the molecule is CCCCC(CC)COc1cc(C)c(-c2cc(F)c(C#N)c(F)c2)c(C)c1. The van der Waals surface area contributed by atoms with Crippen LogP contribution in [0.5, 0.6) is 5.75 Å². The van der Waals surface area contributed by atoms with Crippen LogP contribution in [0.2, 0.25) is 0 Å². The summed E-state index contributed by atoms with van der Waals surface area (Å²) in [4.78, 5) is 0. The Kier molecular flexibility index (Phi) is 7.36. The van der Waals surface area contributed by atoms with E-state index in [1.165, 1.54) is 25.0 Å². The number of ether oxygens (including phenoxy) is 1. The molecule has 0 aromatic heterocycles. The van der Waals surface area contributed by atoms with Gasteiger partial charge >= 0.3 is 0 Å². The number of benzene rings is 2. The van der Waals surface area contributed by atoms with Crippen LogP contribution in [0.15, 0.2) is 24.3 Å². The fraction of sp³-hybridized carbons (Fsp3) is 0.435. The molecule has 0 aliphatic carbocycles. The maximum Gasteiger partial charge on any atom is 0.144 e. The Morgan fingerprint density at radius 1 is 1.04 bits per heavy atom. The largest absolute Gasteiger partial charge is 0.493 e. The Hall–Kier alpha value is -2.41. The molecule has 2 nitrogen and oxygen atoms in total. The Bertz CT molecular complexity index is 793. The normalized spacial score (nSPS) is 11.9. The third-order valence-corrected chi connectivity index (χ3v) is 4.98. The van der Waals surface area contributed by atoms with Gasteiger partial charge in [-0.2, -0.15) is 5.26 Å². The van der Waals surface area contributed by atoms with Gasteiger partial charge in [-0.25, -0.2) is 8.78 Å². The van der Waals surface area contributed by atoms with Crippen molar-refractivity contribution in [2.45, 2.75) is 53.4 Å². The van der Waals surface area contributed by atoms with Gasteiger partial charge < -0.3 is 4.74 Å². The maximum absolute atomic E-state index is 14.0. The number of hydrogen-bond acceptors (Lipinski definition) is 2. The first-order chi connectivity index (χ1) is 12.9. The topological polar surface area (TPSA) is 33.0 Å². The van der Waals surface area contributed by atoms with Crippen molar-refractivity contribution < 1.29 is 13.5 Å². The molecule has 0 aliphatic heterocycles. The fourth-order valence-electron chi connectivity index (χ4n) is 3.40. The lowest BCUT2D eigenvalue weighted by Gasteiger charge is -2.18. The molecule has 0 amide bonds. The molecule has 0 N–H and O–H groups in total. The smallest absolute Gasteiger partial charge is 0.144 e. The molecule has 27 heavy (non-hydrogen) atoms. The third kappa shape index (κ3) is 5.07. The van der Waals surface area contributed by atoms with Crippen LogP contribution in [0.25, 0.3) is 11.1 Å². The van der Waals surface area contributed by atoms with E-state index in [0.29, 0.717) is 18.1 Å². The van der Waals surface area contributed by atoms with Crippen molar-refractivity contribution in [2.24, 2.45) is 5.92 Å². The molecular weight excluding hydrogens is 344 g/mol. The van der Waals surface area contributed by atoms with Gasteiger partial charge in [0.2, 0.25) is 0 Å². The van der Waals surface area contributed by atoms with Gasteiger partial charge in [-0.15, -0.1) is 0 Å². The Morgan fingerprint density at radius 3 is 2.11 bits per heavy atom. The van der Waals surface area contributed by atoms with Gasteiger partial charge in [-0.3, -0.25) is 0 Å². The van der Waals surface area contributed by atoms with Gasteiger partial charge in [-0.1, -0.05) is 33.1 Å². The molecule has 2 aromatic rings. The summed E-state index contributed by atoms with van der Waals surface area (Å²) >= 11 is 0. The first-order valence-corrected chi connectivity index (χ1v) is 9.54. The summed E-state index contributed by atoms with van der Waals surface area (Å²) in [5.74, 6) is -0.369. The standard InChI is InChI=1S/C23H27F2NO/c1-5-7-8-17(6-2)14-27-19-9-15(3)23(16(4)10-19)18-11-21(24)20(13-26)22(25)12-18/h9-12,17H,5-8,14H2,1-4H3. The van der Waals surface area contributed by atoms with Crippen LogP contribution in [0.3, 0.4) is 0 Å². The van der Waals surface area contributed by atoms with Crippen molar-refractivity contribution in [1.82, 2.24) is 0 Å². The average molecular weight is 371 g/mol. The average Bonchev–Trinajstić information content (AvgIpc) is 2.61. The Labute approximate surface area is 160 Å². The number of nitrogens with zero attached hydrogens (tertiary/aromatic N) is 1. The lowest BCUT2D eigenvalue weighted by Crippen LogP contribution is -2.11. The van der Waals surface area contributed by atoms with Crippen LogP contribution in [0, 0.1) is 42.7 Å². The quantitative estimate of drug-likeness (QED) is 0.516. The summed E-state index contributed by atoms with van der Waals surface area (Å²) in [7, 11) is 0. The number of rotatable bonds is 8. The predicted octanol–water partition coefficient (Wildman–Crippen LogP) is 6.72. The van der Waals surface area contributed by atoms with Gasteiger partial charge in [0.05, 0.1) is 6.61 Å². The second-order valence-corrected chi connectivity index (χ2v) is 7.09. The van der Waals surface area contributed by atoms with Crippen molar-refractivity contribution in [3.8, 4) is 22.9 Å². The fourth-order valence-corrected chi connectivity index (χ4v) is 3.40. The van der Waals surface area contributed by atoms with Crippen molar-refractivity contribution in [3.63, 3.8) is 0 Å². The van der Waals surface area contributed by atoms with Gasteiger partial charge in [-0.05, 0) is 72.7 Å². The molecule has 2 aromatic carbocycles. The molecule has 0 aliphatic rings. The van der Waals surface area contributed by atoms with Gasteiger partial charge in [0.15, 0.2) is 0 Å². The molecule has 2 rings (SSSR count). The highest BCUT2D eigenvalue weighted by Crippen LogP contribution is 2.33. The van der Waals surface area contributed by atoms with E-state index in [2.05, 4.69) is 13.8 Å². The van der Waals surface area contributed by atoms with E-state index in [1.54, 1.807) is 6.07 Å². The van der Waals surface area contributed by atoms with E-state index < -0.39 is 17.2 Å². The Balaban J connectivity index is 2.26. The molecule has 1 atom stereocenters. The minimum absolute atomic E-state index is 0.430. The van der Waals surface area contributed by atoms with Crippen LogP contribution in [-0.4, -0.2) is 6.61 Å². The zero-order chi connectivity index (χ0) is 20.0. The lowest BCUT2D eigenvalue weighted by molar-refractivity contribution is 0.233. The number of aryl methyl sites for hydroxylation is 2. The summed E-state index contributed by atoms with van der Waals surface area (Å²) < 4.78 is 34.0. The first kappa shape index (κ1) is 20.9. The van der Waals surface area contributed by atoms with Gasteiger partial charge in [0, 0.05) is 0 Å². The van der Waals surface area contributed by atoms with Crippen molar-refractivity contribution in [1.29, 1.82) is 5.26 Å². The highest BCUT2D eigenvalue weighted by Gasteiger charge is 2.15. The molecular formula is C23H27F2NO. The van der Waals surface area contributed by atoms with E-state index in [9.17, 15) is 8.78 Å². The number of unbranched alkanes of at least 4 members (excludes halogenated alkanes) is 1. The van der Waals surface area contributed by atoms with E-state index in [-0.39, 0.29) is 0 Å². The van der Waals surface area contributed by atoms with Crippen LogP contribution in [-0.2, 0) is 0 Å². The zero-order valence-electron chi connectivity index (χ0n) is 16.5. The molecule has 0 saturated heterocycles. The monoisotopic (exact) mass is 371 g/mol. The highest BCUT2D eigenvalue weighted by molar-refractivity contribution is 5.72. The molecule has 0 radical (unpaired) electrons. The van der Waals surface area contributed by atoms with Crippen LogP contribution < -0.4 is 4.74 Å². The van der Waals surface area contributed by atoms with Gasteiger partial charge in [0.1, 0.15) is 29.0 Å². The summed E-state index contributed by atoms with van der Waals surface area (Å²) in [5.41, 5.74) is 2.42. The molecule has 0 fully saturated rings. The van der Waals surface area contributed by atoms with Crippen molar-refractivity contribution in [2.75, 3.05) is 6.61 Å². The number of halogens is 2. The summed E-state index contributed by atoms with van der Waals surface area (Å²) in [6.07, 6.45) is 4.63.